The molecule has 0 saturated carbocycles. The Labute approximate surface area is 116 Å². The molecule has 1 amide bonds. The van der Waals surface area contributed by atoms with Gasteiger partial charge in [-0.2, -0.15) is 5.10 Å². The van der Waals surface area contributed by atoms with Crippen LogP contribution in [0.25, 0.3) is 0 Å². The van der Waals surface area contributed by atoms with Gasteiger partial charge >= 0.3 is 0 Å². The molecule has 0 radical (unpaired) electrons. The fourth-order valence-corrected chi connectivity index (χ4v) is 1.90. The molecule has 1 aromatic carbocycles. The molecule has 0 fully saturated rings. The van der Waals surface area contributed by atoms with Crippen LogP contribution in [0, 0.1) is 5.82 Å². The molecule has 0 aliphatic rings. The molecule has 2 aromatic rings. The second kappa shape index (κ2) is 6.29. The van der Waals surface area contributed by atoms with Crippen LogP contribution in [0.1, 0.15) is 21.5 Å². The van der Waals surface area contributed by atoms with E-state index >= 15 is 0 Å². The first-order valence-electron chi connectivity index (χ1n) is 6.32. The molecule has 2 rings (SSSR count). The Balaban J connectivity index is 1.83. The molecule has 106 valence electrons. The summed E-state index contributed by atoms with van der Waals surface area (Å²) in [5.74, 6) is -1.05. The van der Waals surface area contributed by atoms with Crippen LogP contribution in [0.3, 0.4) is 0 Å². The number of carbonyl (C=O) groups excluding carboxylic acids is 1. The van der Waals surface area contributed by atoms with Gasteiger partial charge in [0.15, 0.2) is 0 Å². The van der Waals surface area contributed by atoms with Crippen molar-refractivity contribution in [1.29, 1.82) is 0 Å². The number of nitrogens with zero attached hydrogens (tertiary/aromatic N) is 2. The number of nitrogens with one attached hydrogen (secondary N) is 1. The fourth-order valence-electron chi connectivity index (χ4n) is 1.90. The summed E-state index contributed by atoms with van der Waals surface area (Å²) in [7, 11) is 1.87. The maximum atomic E-state index is 13.7. The minimum Gasteiger partial charge on any atom is -0.366 e. The molecular formula is C14H17FN4O. The van der Waals surface area contributed by atoms with E-state index in [1.54, 1.807) is 10.7 Å². The largest absolute Gasteiger partial charge is 0.366 e. The number of primary amides is 1. The molecule has 6 heteroatoms. The molecule has 20 heavy (non-hydrogen) atoms. The second-order valence-corrected chi connectivity index (χ2v) is 4.62. The molecule has 0 spiro atoms. The van der Waals surface area contributed by atoms with Gasteiger partial charge in [-0.25, -0.2) is 4.39 Å². The minimum atomic E-state index is -0.625. The van der Waals surface area contributed by atoms with Crippen LogP contribution in [0.4, 0.5) is 4.39 Å². The fraction of sp³-hybridized carbons (Fsp3) is 0.286. The number of hydrogen-bond donors (Lipinski definition) is 2. The van der Waals surface area contributed by atoms with Crippen LogP contribution in [-0.4, -0.2) is 22.2 Å². The summed E-state index contributed by atoms with van der Waals surface area (Å²) in [5.41, 5.74) is 6.92. The summed E-state index contributed by atoms with van der Waals surface area (Å²) in [6.07, 6.45) is 4.59. The number of aryl methyl sites for hydroxylation is 1. The Morgan fingerprint density at radius 1 is 1.50 bits per heavy atom. The molecule has 0 saturated heterocycles. The Morgan fingerprint density at radius 3 is 2.90 bits per heavy atom. The smallest absolute Gasteiger partial charge is 0.248 e. The lowest BCUT2D eigenvalue weighted by atomic mass is 10.1. The van der Waals surface area contributed by atoms with E-state index < -0.39 is 11.7 Å². The van der Waals surface area contributed by atoms with Crippen molar-refractivity contribution in [1.82, 2.24) is 15.1 Å². The van der Waals surface area contributed by atoms with Gasteiger partial charge in [-0.1, -0.05) is 6.07 Å². The van der Waals surface area contributed by atoms with Crippen molar-refractivity contribution in [2.24, 2.45) is 12.8 Å². The number of benzene rings is 1. The molecule has 3 N–H and O–H groups in total. The standard InChI is InChI=1S/C14H17FN4O/c1-19-9-10(7-18-19)4-5-17-8-12-3-2-11(14(16)20)6-13(12)15/h2-3,6-7,9,17H,4-5,8H2,1H3,(H2,16,20). The molecule has 0 aliphatic carbocycles. The first kappa shape index (κ1) is 14.2. The van der Waals surface area contributed by atoms with E-state index in [-0.39, 0.29) is 5.56 Å². The Kier molecular flexibility index (Phi) is 4.47. The molecule has 0 bridgehead atoms. The maximum Gasteiger partial charge on any atom is 0.248 e. The van der Waals surface area contributed by atoms with Gasteiger partial charge in [-0.05, 0) is 30.7 Å². The third-order valence-corrected chi connectivity index (χ3v) is 3.00. The van der Waals surface area contributed by atoms with Gasteiger partial charge in [0.05, 0.1) is 6.20 Å². The summed E-state index contributed by atoms with van der Waals surface area (Å²) >= 11 is 0. The average Bonchev–Trinajstić information content (AvgIpc) is 2.81. The predicted octanol–water partition coefficient (Wildman–Crippen LogP) is 0.990. The van der Waals surface area contributed by atoms with Gasteiger partial charge in [-0.3, -0.25) is 9.48 Å². The number of aromatic nitrogens is 2. The summed E-state index contributed by atoms with van der Waals surface area (Å²) in [6.45, 7) is 1.13. The van der Waals surface area contributed by atoms with Gasteiger partial charge in [0, 0.05) is 30.9 Å². The van der Waals surface area contributed by atoms with E-state index in [0.29, 0.717) is 12.1 Å². The summed E-state index contributed by atoms with van der Waals surface area (Å²) in [5, 5.41) is 7.23. The van der Waals surface area contributed by atoms with Crippen molar-refractivity contribution in [3.63, 3.8) is 0 Å². The topological polar surface area (TPSA) is 72.9 Å². The molecule has 0 unspecified atom stereocenters. The van der Waals surface area contributed by atoms with Crippen LogP contribution in [0.5, 0.6) is 0 Å². The minimum absolute atomic E-state index is 0.182. The number of halogens is 1. The number of carbonyl (C=O) groups is 1. The molecule has 5 nitrogen and oxygen atoms in total. The van der Waals surface area contributed by atoms with E-state index in [2.05, 4.69) is 10.4 Å². The molecule has 0 atom stereocenters. The second-order valence-electron chi connectivity index (χ2n) is 4.62. The number of hydrogen-bond acceptors (Lipinski definition) is 3. The van der Waals surface area contributed by atoms with E-state index in [1.807, 2.05) is 19.4 Å². The molecular weight excluding hydrogens is 259 g/mol. The third kappa shape index (κ3) is 3.64. The SMILES string of the molecule is Cn1cc(CCNCc2ccc(C(N)=O)cc2F)cn1. The normalized spacial score (nSPS) is 10.7. The summed E-state index contributed by atoms with van der Waals surface area (Å²) < 4.78 is 15.5. The third-order valence-electron chi connectivity index (χ3n) is 3.00. The highest BCUT2D eigenvalue weighted by molar-refractivity contribution is 5.92. The van der Waals surface area contributed by atoms with E-state index in [9.17, 15) is 9.18 Å². The van der Waals surface area contributed by atoms with Crippen molar-refractivity contribution in [2.45, 2.75) is 13.0 Å². The van der Waals surface area contributed by atoms with E-state index in [1.165, 1.54) is 12.1 Å². The van der Waals surface area contributed by atoms with Crippen LogP contribution < -0.4 is 11.1 Å². The first-order chi connectivity index (χ1) is 9.56. The van der Waals surface area contributed by atoms with Gasteiger partial charge in [0.1, 0.15) is 5.82 Å². The Bertz CT molecular complexity index is 609. The first-order valence-corrected chi connectivity index (χ1v) is 6.32. The monoisotopic (exact) mass is 276 g/mol. The zero-order valence-electron chi connectivity index (χ0n) is 11.3. The van der Waals surface area contributed by atoms with Gasteiger partial charge in [0.25, 0.3) is 0 Å². The number of nitrogens with two attached hydrogens (primary N) is 1. The zero-order chi connectivity index (χ0) is 14.5. The van der Waals surface area contributed by atoms with E-state index in [4.69, 9.17) is 5.73 Å². The van der Waals surface area contributed by atoms with Crippen LogP contribution in [-0.2, 0) is 20.0 Å². The van der Waals surface area contributed by atoms with Crippen molar-refractivity contribution < 1.29 is 9.18 Å². The highest BCUT2D eigenvalue weighted by Gasteiger charge is 2.06. The lowest BCUT2D eigenvalue weighted by molar-refractivity contribution is 0.1000. The lowest BCUT2D eigenvalue weighted by Crippen LogP contribution is -2.18. The highest BCUT2D eigenvalue weighted by Crippen LogP contribution is 2.10. The van der Waals surface area contributed by atoms with Crippen molar-refractivity contribution in [3.8, 4) is 0 Å². The van der Waals surface area contributed by atoms with Crippen LogP contribution >= 0.6 is 0 Å². The lowest BCUT2D eigenvalue weighted by Gasteiger charge is -2.06. The van der Waals surface area contributed by atoms with Crippen molar-refractivity contribution in [2.75, 3.05) is 6.54 Å². The summed E-state index contributed by atoms with van der Waals surface area (Å²) in [6, 6.07) is 4.27. The quantitative estimate of drug-likeness (QED) is 0.773. The van der Waals surface area contributed by atoms with Crippen LogP contribution in [0.2, 0.25) is 0 Å². The predicted molar refractivity (Wildman–Crippen MR) is 73.5 cm³/mol. The number of amides is 1. The molecule has 1 aromatic heterocycles. The van der Waals surface area contributed by atoms with Gasteiger partial charge in [0.2, 0.25) is 5.91 Å². The maximum absolute atomic E-state index is 13.7. The van der Waals surface area contributed by atoms with Gasteiger partial charge in [-0.15, -0.1) is 0 Å². The van der Waals surface area contributed by atoms with Crippen molar-refractivity contribution in [3.05, 3.63) is 53.1 Å². The van der Waals surface area contributed by atoms with Gasteiger partial charge < -0.3 is 11.1 Å². The molecule has 0 aliphatic heterocycles. The van der Waals surface area contributed by atoms with Crippen LogP contribution in [0.15, 0.2) is 30.6 Å². The summed E-state index contributed by atoms with van der Waals surface area (Å²) in [4.78, 5) is 10.9. The molecule has 1 heterocycles. The Morgan fingerprint density at radius 2 is 2.30 bits per heavy atom. The van der Waals surface area contributed by atoms with E-state index in [0.717, 1.165) is 18.5 Å². The number of rotatable bonds is 6. The Hall–Kier alpha value is -2.21. The van der Waals surface area contributed by atoms with Crippen molar-refractivity contribution >= 4 is 5.91 Å². The average molecular weight is 276 g/mol. The highest BCUT2D eigenvalue weighted by atomic mass is 19.1. The zero-order valence-corrected chi connectivity index (χ0v) is 11.3.